The van der Waals surface area contributed by atoms with Crippen molar-refractivity contribution in [2.45, 2.75) is 6.61 Å². The number of aromatic nitrogens is 1. The van der Waals surface area contributed by atoms with Crippen molar-refractivity contribution in [2.75, 3.05) is 0 Å². The maximum atomic E-state index is 5.71. The largest absolute Gasteiger partial charge is 0.483 e. The number of hydrogen-bond donors (Lipinski definition) is 0. The Morgan fingerprint density at radius 3 is 2.55 bits per heavy atom. The van der Waals surface area contributed by atoms with Crippen LogP contribution < -0.4 is 4.74 Å². The highest BCUT2D eigenvalue weighted by atomic mass is 127. The summed E-state index contributed by atoms with van der Waals surface area (Å²) in [6, 6.07) is 17.8. The summed E-state index contributed by atoms with van der Waals surface area (Å²) in [4.78, 5) is 4.24. The van der Waals surface area contributed by atoms with Crippen LogP contribution in [0.2, 0.25) is 0 Å². The minimum atomic E-state index is 0.326. The highest BCUT2D eigenvalue weighted by Gasteiger charge is 2.07. The standard InChI is InChI=1S/C16H12INO2/c17-13-8-4-5-9-14(13)19-11-16-18-10-15(20-16)12-6-2-1-3-7-12/h1-10H,11H2. The van der Waals surface area contributed by atoms with Crippen molar-refractivity contribution < 1.29 is 9.15 Å². The second-order valence-electron chi connectivity index (χ2n) is 4.20. The molecule has 0 atom stereocenters. The van der Waals surface area contributed by atoms with Crippen LogP contribution >= 0.6 is 22.6 Å². The SMILES string of the molecule is Ic1ccccc1OCc1ncc(-c2ccccc2)o1. The zero-order valence-electron chi connectivity index (χ0n) is 10.6. The Kier molecular flexibility index (Phi) is 4.01. The molecule has 0 fully saturated rings. The molecule has 3 rings (SSSR count). The highest BCUT2D eigenvalue weighted by Crippen LogP contribution is 2.23. The molecule has 100 valence electrons. The first-order chi connectivity index (χ1) is 9.83. The molecule has 0 spiro atoms. The minimum Gasteiger partial charge on any atom is -0.483 e. The smallest absolute Gasteiger partial charge is 0.232 e. The normalized spacial score (nSPS) is 10.4. The zero-order valence-corrected chi connectivity index (χ0v) is 12.8. The Hall–Kier alpha value is -1.82. The average Bonchev–Trinajstić information content (AvgIpc) is 2.96. The summed E-state index contributed by atoms with van der Waals surface area (Å²) < 4.78 is 12.5. The second kappa shape index (κ2) is 6.09. The molecule has 2 aromatic carbocycles. The lowest BCUT2D eigenvalue weighted by Gasteiger charge is -2.05. The Bertz CT molecular complexity index is 694. The number of benzene rings is 2. The van der Waals surface area contributed by atoms with E-state index >= 15 is 0 Å². The van der Waals surface area contributed by atoms with Gasteiger partial charge in [-0.15, -0.1) is 0 Å². The van der Waals surface area contributed by atoms with Gasteiger partial charge in [0.15, 0.2) is 12.4 Å². The molecular weight excluding hydrogens is 365 g/mol. The third kappa shape index (κ3) is 3.01. The van der Waals surface area contributed by atoms with E-state index in [1.165, 1.54) is 0 Å². The topological polar surface area (TPSA) is 35.3 Å². The fraction of sp³-hybridized carbons (Fsp3) is 0.0625. The van der Waals surface area contributed by atoms with E-state index in [4.69, 9.17) is 9.15 Å². The summed E-state index contributed by atoms with van der Waals surface area (Å²) in [5.41, 5.74) is 1.01. The number of para-hydroxylation sites is 1. The summed E-state index contributed by atoms with van der Waals surface area (Å²) in [6.45, 7) is 0.326. The van der Waals surface area contributed by atoms with Gasteiger partial charge >= 0.3 is 0 Å². The van der Waals surface area contributed by atoms with Crippen molar-refractivity contribution in [3.8, 4) is 17.1 Å². The number of nitrogens with zero attached hydrogens (tertiary/aromatic N) is 1. The predicted molar refractivity (Wildman–Crippen MR) is 85.4 cm³/mol. The summed E-state index contributed by atoms with van der Waals surface area (Å²) in [6.07, 6.45) is 1.73. The predicted octanol–water partition coefficient (Wildman–Crippen LogP) is 4.53. The maximum Gasteiger partial charge on any atom is 0.232 e. The average molecular weight is 377 g/mol. The van der Waals surface area contributed by atoms with Crippen molar-refractivity contribution in [1.29, 1.82) is 0 Å². The molecule has 0 bridgehead atoms. The number of ether oxygens (including phenoxy) is 1. The van der Waals surface area contributed by atoms with Crippen molar-refractivity contribution in [3.63, 3.8) is 0 Å². The van der Waals surface area contributed by atoms with Gasteiger partial charge in [0.05, 0.1) is 9.77 Å². The maximum absolute atomic E-state index is 5.71. The van der Waals surface area contributed by atoms with Gasteiger partial charge in [0, 0.05) is 5.56 Å². The van der Waals surface area contributed by atoms with Gasteiger partial charge in [-0.05, 0) is 34.7 Å². The van der Waals surface area contributed by atoms with E-state index < -0.39 is 0 Å². The van der Waals surface area contributed by atoms with Crippen LogP contribution in [0.4, 0.5) is 0 Å². The lowest BCUT2D eigenvalue weighted by molar-refractivity contribution is 0.263. The lowest BCUT2D eigenvalue weighted by atomic mass is 10.2. The van der Waals surface area contributed by atoms with Crippen molar-refractivity contribution in [2.24, 2.45) is 0 Å². The van der Waals surface area contributed by atoms with Gasteiger partial charge < -0.3 is 9.15 Å². The molecule has 3 aromatic rings. The molecule has 0 aliphatic heterocycles. The van der Waals surface area contributed by atoms with Crippen molar-refractivity contribution in [3.05, 3.63) is 70.3 Å². The Balaban J connectivity index is 1.71. The van der Waals surface area contributed by atoms with Gasteiger partial charge in [0.2, 0.25) is 5.89 Å². The van der Waals surface area contributed by atoms with Crippen LogP contribution in [-0.4, -0.2) is 4.98 Å². The molecule has 0 aliphatic rings. The van der Waals surface area contributed by atoms with E-state index in [2.05, 4.69) is 27.6 Å². The molecule has 4 heteroatoms. The van der Waals surface area contributed by atoms with Gasteiger partial charge in [-0.2, -0.15) is 0 Å². The fourth-order valence-corrected chi connectivity index (χ4v) is 2.36. The number of oxazole rings is 1. The monoisotopic (exact) mass is 377 g/mol. The molecule has 0 radical (unpaired) electrons. The van der Waals surface area contributed by atoms with Crippen LogP contribution in [0, 0.1) is 3.57 Å². The molecule has 0 N–H and O–H groups in total. The number of halogens is 1. The van der Waals surface area contributed by atoms with Crippen LogP contribution in [0.5, 0.6) is 5.75 Å². The molecule has 1 heterocycles. The molecule has 0 saturated heterocycles. The van der Waals surface area contributed by atoms with Crippen LogP contribution in [0.1, 0.15) is 5.89 Å². The van der Waals surface area contributed by atoms with E-state index in [9.17, 15) is 0 Å². The van der Waals surface area contributed by atoms with Gasteiger partial charge in [-0.1, -0.05) is 42.5 Å². The van der Waals surface area contributed by atoms with Gasteiger partial charge in [-0.3, -0.25) is 0 Å². The van der Waals surface area contributed by atoms with Crippen molar-refractivity contribution >= 4 is 22.6 Å². The van der Waals surface area contributed by atoms with Gasteiger partial charge in [-0.25, -0.2) is 4.98 Å². The summed E-state index contributed by atoms with van der Waals surface area (Å²) in [7, 11) is 0. The van der Waals surface area contributed by atoms with Crippen LogP contribution in [0.3, 0.4) is 0 Å². The highest BCUT2D eigenvalue weighted by molar-refractivity contribution is 14.1. The van der Waals surface area contributed by atoms with Crippen molar-refractivity contribution in [1.82, 2.24) is 4.98 Å². The van der Waals surface area contributed by atoms with E-state index in [1.54, 1.807) is 6.20 Å². The summed E-state index contributed by atoms with van der Waals surface area (Å²) in [5.74, 6) is 2.17. The van der Waals surface area contributed by atoms with E-state index in [-0.39, 0.29) is 0 Å². The van der Waals surface area contributed by atoms with Crippen LogP contribution in [-0.2, 0) is 6.61 Å². The number of hydrogen-bond acceptors (Lipinski definition) is 3. The molecule has 0 amide bonds. The second-order valence-corrected chi connectivity index (χ2v) is 5.37. The Labute approximate surface area is 130 Å². The van der Waals surface area contributed by atoms with Gasteiger partial charge in [0.1, 0.15) is 5.75 Å². The number of rotatable bonds is 4. The third-order valence-corrected chi connectivity index (χ3v) is 3.69. The van der Waals surface area contributed by atoms with Crippen LogP contribution in [0.15, 0.2) is 65.2 Å². The lowest BCUT2D eigenvalue weighted by Crippen LogP contribution is -1.96. The molecule has 20 heavy (non-hydrogen) atoms. The quantitative estimate of drug-likeness (QED) is 0.627. The zero-order chi connectivity index (χ0) is 13.8. The molecule has 1 aromatic heterocycles. The molecule has 0 aliphatic carbocycles. The Morgan fingerprint density at radius 1 is 1.00 bits per heavy atom. The molecule has 3 nitrogen and oxygen atoms in total. The summed E-state index contributed by atoms with van der Waals surface area (Å²) >= 11 is 2.24. The molecule has 0 unspecified atom stereocenters. The van der Waals surface area contributed by atoms with Gasteiger partial charge in [0.25, 0.3) is 0 Å². The van der Waals surface area contributed by atoms with E-state index in [0.29, 0.717) is 12.5 Å². The first-order valence-corrected chi connectivity index (χ1v) is 7.28. The third-order valence-electron chi connectivity index (χ3n) is 2.80. The molecular formula is C16H12INO2. The van der Waals surface area contributed by atoms with Crippen LogP contribution in [0.25, 0.3) is 11.3 Å². The first kappa shape index (κ1) is 13.2. The first-order valence-electron chi connectivity index (χ1n) is 6.20. The minimum absolute atomic E-state index is 0.326. The molecule has 0 saturated carbocycles. The van der Waals surface area contributed by atoms with E-state index in [1.807, 2.05) is 54.6 Å². The van der Waals surface area contributed by atoms with E-state index in [0.717, 1.165) is 20.6 Å². The summed E-state index contributed by atoms with van der Waals surface area (Å²) in [5, 5.41) is 0. The fourth-order valence-electron chi connectivity index (χ4n) is 1.81. The Morgan fingerprint density at radius 2 is 1.75 bits per heavy atom.